The Morgan fingerprint density at radius 2 is 1.71 bits per heavy atom. The van der Waals surface area contributed by atoms with Gasteiger partial charge in [0.2, 0.25) is 15.9 Å². The van der Waals surface area contributed by atoms with Crippen molar-refractivity contribution in [1.82, 2.24) is 0 Å². The quantitative estimate of drug-likeness (QED) is 0.590. The van der Waals surface area contributed by atoms with Gasteiger partial charge in [0.15, 0.2) is 0 Å². The van der Waals surface area contributed by atoms with Crippen LogP contribution < -0.4 is 14.4 Å². The number of nitrogens with zero attached hydrogens (tertiary/aromatic N) is 1. The average molecular weight is 449 g/mol. The van der Waals surface area contributed by atoms with Crippen molar-refractivity contribution in [1.29, 1.82) is 0 Å². The molecule has 0 saturated carbocycles. The molecule has 1 atom stereocenters. The zero-order chi connectivity index (χ0) is 23.2. The van der Waals surface area contributed by atoms with E-state index in [0.717, 1.165) is 10.6 Å². The largest absolute Gasteiger partial charge is 0.494 e. The zero-order valence-corrected chi connectivity index (χ0v) is 19.2. The molecule has 0 aliphatic rings. The van der Waals surface area contributed by atoms with E-state index in [1.54, 1.807) is 56.3 Å². The Morgan fingerprint density at radius 1 is 1.06 bits per heavy atom. The lowest BCUT2D eigenvalue weighted by Crippen LogP contribution is -2.45. The summed E-state index contributed by atoms with van der Waals surface area (Å²) in [5, 5.41) is 2.74. The number of anilines is 2. The lowest BCUT2D eigenvalue weighted by Gasteiger charge is -2.28. The summed E-state index contributed by atoms with van der Waals surface area (Å²) in [7, 11) is -3.74. The number of benzene rings is 2. The first-order valence-electron chi connectivity index (χ1n) is 9.89. The second-order valence-electron chi connectivity index (χ2n) is 6.90. The molecule has 0 radical (unpaired) electrons. The lowest BCUT2D eigenvalue weighted by molar-refractivity contribution is -0.116. The molecular weight excluding hydrogens is 420 g/mol. The summed E-state index contributed by atoms with van der Waals surface area (Å²) in [5.74, 6) is -0.351. The van der Waals surface area contributed by atoms with Crippen LogP contribution in [0.5, 0.6) is 5.75 Å². The molecule has 0 saturated heterocycles. The van der Waals surface area contributed by atoms with Crippen molar-refractivity contribution >= 4 is 33.3 Å². The van der Waals surface area contributed by atoms with Crippen LogP contribution in [-0.4, -0.2) is 45.8 Å². The zero-order valence-electron chi connectivity index (χ0n) is 18.3. The van der Waals surface area contributed by atoms with E-state index in [4.69, 9.17) is 9.47 Å². The van der Waals surface area contributed by atoms with Gasteiger partial charge < -0.3 is 14.8 Å². The second kappa shape index (κ2) is 10.3. The van der Waals surface area contributed by atoms with Gasteiger partial charge in [0.05, 0.1) is 30.7 Å². The number of ether oxygens (including phenoxy) is 2. The highest BCUT2D eigenvalue weighted by atomic mass is 32.2. The first kappa shape index (κ1) is 24.2. The third-order valence-electron chi connectivity index (χ3n) is 4.49. The summed E-state index contributed by atoms with van der Waals surface area (Å²) in [4.78, 5) is 24.8. The van der Waals surface area contributed by atoms with Crippen LogP contribution in [0.3, 0.4) is 0 Å². The van der Waals surface area contributed by atoms with Gasteiger partial charge in [-0.15, -0.1) is 0 Å². The maximum atomic E-state index is 12.9. The molecule has 0 fully saturated rings. The molecule has 0 aliphatic heterocycles. The van der Waals surface area contributed by atoms with E-state index < -0.39 is 27.9 Å². The van der Waals surface area contributed by atoms with E-state index in [-0.39, 0.29) is 6.61 Å². The molecule has 31 heavy (non-hydrogen) atoms. The maximum Gasteiger partial charge on any atom is 0.338 e. The van der Waals surface area contributed by atoms with Crippen molar-refractivity contribution in [3.63, 3.8) is 0 Å². The fourth-order valence-corrected chi connectivity index (χ4v) is 4.22. The number of hydrogen-bond donors (Lipinski definition) is 1. The first-order valence-corrected chi connectivity index (χ1v) is 11.7. The number of esters is 1. The minimum atomic E-state index is -3.74. The van der Waals surface area contributed by atoms with Gasteiger partial charge in [0, 0.05) is 5.69 Å². The number of aryl methyl sites for hydroxylation is 1. The molecule has 9 heteroatoms. The van der Waals surface area contributed by atoms with Gasteiger partial charge in [0.25, 0.3) is 0 Å². The number of rotatable bonds is 9. The molecular formula is C22H28N2O6S. The highest BCUT2D eigenvalue weighted by Gasteiger charge is 2.29. The molecule has 2 rings (SSSR count). The summed E-state index contributed by atoms with van der Waals surface area (Å²) in [5.41, 5.74) is 1.85. The van der Waals surface area contributed by atoms with E-state index >= 15 is 0 Å². The van der Waals surface area contributed by atoms with Gasteiger partial charge in [-0.25, -0.2) is 13.2 Å². The predicted octanol–water partition coefficient (Wildman–Crippen LogP) is 3.36. The summed E-state index contributed by atoms with van der Waals surface area (Å²) in [6, 6.07) is 10.2. The highest BCUT2D eigenvalue weighted by molar-refractivity contribution is 7.92. The van der Waals surface area contributed by atoms with E-state index in [0.29, 0.717) is 34.9 Å². The number of amides is 1. The average Bonchev–Trinajstić information content (AvgIpc) is 2.70. The minimum absolute atomic E-state index is 0.265. The van der Waals surface area contributed by atoms with Crippen LogP contribution >= 0.6 is 0 Å². The number of carbonyl (C=O) groups is 2. The van der Waals surface area contributed by atoms with Gasteiger partial charge in [-0.05, 0) is 75.7 Å². The van der Waals surface area contributed by atoms with E-state index in [1.165, 1.54) is 6.92 Å². The molecule has 168 valence electrons. The predicted molar refractivity (Wildman–Crippen MR) is 120 cm³/mol. The van der Waals surface area contributed by atoms with Crippen LogP contribution in [0.25, 0.3) is 0 Å². The molecule has 0 spiro atoms. The van der Waals surface area contributed by atoms with Crippen LogP contribution in [0.2, 0.25) is 0 Å². The monoisotopic (exact) mass is 448 g/mol. The van der Waals surface area contributed by atoms with E-state index in [9.17, 15) is 18.0 Å². The Hall–Kier alpha value is -3.07. The number of nitrogens with one attached hydrogen (secondary N) is 1. The van der Waals surface area contributed by atoms with Crippen molar-refractivity contribution in [3.05, 3.63) is 53.6 Å². The second-order valence-corrected chi connectivity index (χ2v) is 8.76. The molecule has 0 aromatic heterocycles. The molecule has 1 amide bonds. The van der Waals surface area contributed by atoms with Gasteiger partial charge >= 0.3 is 5.97 Å². The number of hydrogen-bond acceptors (Lipinski definition) is 6. The molecule has 8 nitrogen and oxygen atoms in total. The fourth-order valence-electron chi connectivity index (χ4n) is 3.05. The Kier molecular flexibility index (Phi) is 8.04. The van der Waals surface area contributed by atoms with Crippen LogP contribution in [0.15, 0.2) is 42.5 Å². The molecule has 0 heterocycles. The lowest BCUT2D eigenvalue weighted by atomic mass is 10.1. The Morgan fingerprint density at radius 3 is 2.23 bits per heavy atom. The van der Waals surface area contributed by atoms with Crippen molar-refractivity contribution in [3.8, 4) is 5.75 Å². The standard InChI is InChI=1S/C22H28N2O6S/c1-6-29-19-11-9-18(10-12-19)24(31(5,27)28)16(4)21(25)23-20-13-8-17(14-15(20)3)22(26)30-7-2/h8-14,16H,6-7H2,1-5H3,(H,23,25)/t16-/m1/s1. The first-order chi connectivity index (χ1) is 14.6. The molecule has 0 aliphatic carbocycles. The van der Waals surface area contributed by atoms with Crippen molar-refractivity contribution in [2.24, 2.45) is 0 Å². The Balaban J connectivity index is 2.25. The van der Waals surface area contributed by atoms with E-state index in [1.807, 2.05) is 6.92 Å². The molecule has 0 bridgehead atoms. The molecule has 1 N–H and O–H groups in total. The van der Waals surface area contributed by atoms with E-state index in [2.05, 4.69) is 5.32 Å². The summed E-state index contributed by atoms with van der Waals surface area (Å²) in [6.07, 6.45) is 1.05. The highest BCUT2D eigenvalue weighted by Crippen LogP contribution is 2.25. The van der Waals surface area contributed by atoms with Crippen LogP contribution in [0.1, 0.15) is 36.7 Å². The van der Waals surface area contributed by atoms with Gasteiger partial charge in [-0.1, -0.05) is 0 Å². The van der Waals surface area contributed by atoms with Gasteiger partial charge in [0.1, 0.15) is 11.8 Å². The summed E-state index contributed by atoms with van der Waals surface area (Å²) < 4.78 is 36.3. The van der Waals surface area contributed by atoms with Gasteiger partial charge in [-0.2, -0.15) is 0 Å². The van der Waals surface area contributed by atoms with Crippen LogP contribution in [-0.2, 0) is 19.6 Å². The van der Waals surface area contributed by atoms with Crippen molar-refractivity contribution < 1.29 is 27.5 Å². The maximum absolute atomic E-state index is 12.9. The summed E-state index contributed by atoms with van der Waals surface area (Å²) >= 11 is 0. The Bertz CT molecular complexity index is 1030. The minimum Gasteiger partial charge on any atom is -0.494 e. The SMILES string of the molecule is CCOC(=O)c1ccc(NC(=O)[C@@H](C)N(c2ccc(OCC)cc2)S(C)(=O)=O)c(C)c1. The third-order valence-corrected chi connectivity index (χ3v) is 5.73. The van der Waals surface area contributed by atoms with Gasteiger partial charge in [-0.3, -0.25) is 9.10 Å². The van der Waals surface area contributed by atoms with Crippen molar-refractivity contribution in [2.45, 2.75) is 33.7 Å². The topological polar surface area (TPSA) is 102 Å². The Labute approximate surface area is 183 Å². The third kappa shape index (κ3) is 6.21. The number of sulfonamides is 1. The molecule has 0 unspecified atom stereocenters. The van der Waals surface area contributed by atoms with Crippen LogP contribution in [0.4, 0.5) is 11.4 Å². The smallest absolute Gasteiger partial charge is 0.338 e. The summed E-state index contributed by atoms with van der Waals surface area (Å²) in [6.45, 7) is 7.57. The molecule has 2 aromatic rings. The fraction of sp³-hybridized carbons (Fsp3) is 0.364. The van der Waals surface area contributed by atoms with Crippen LogP contribution in [0, 0.1) is 6.92 Å². The van der Waals surface area contributed by atoms with Crippen molar-refractivity contribution in [2.75, 3.05) is 29.1 Å². The molecule has 2 aromatic carbocycles. The normalized spacial score (nSPS) is 12.0. The number of carbonyl (C=O) groups excluding carboxylic acids is 2.